The van der Waals surface area contributed by atoms with E-state index in [1.165, 1.54) is 0 Å². The molecule has 0 saturated carbocycles. The number of rotatable bonds is 3. The zero-order chi connectivity index (χ0) is 21.0. The van der Waals surface area contributed by atoms with Gasteiger partial charge in [-0.1, -0.05) is 32.4 Å². The van der Waals surface area contributed by atoms with E-state index in [0.717, 1.165) is 11.3 Å². The molecule has 0 bridgehead atoms. The van der Waals surface area contributed by atoms with Gasteiger partial charge >= 0.3 is 0 Å². The Balaban J connectivity index is 1.58. The Labute approximate surface area is 175 Å². The molecule has 0 spiro atoms. The number of aromatic nitrogens is 2. The van der Waals surface area contributed by atoms with E-state index in [2.05, 4.69) is 10.4 Å². The Morgan fingerprint density at radius 3 is 2.72 bits per heavy atom. The predicted octanol–water partition coefficient (Wildman–Crippen LogP) is 3.14. The first-order chi connectivity index (χ1) is 13.5. The highest BCUT2D eigenvalue weighted by Gasteiger charge is 2.34. The number of amides is 1. The van der Waals surface area contributed by atoms with Gasteiger partial charge in [-0.05, 0) is 30.2 Å². The third-order valence-electron chi connectivity index (χ3n) is 5.30. The van der Waals surface area contributed by atoms with Gasteiger partial charge in [-0.2, -0.15) is 5.10 Å². The molecule has 1 aromatic carbocycles. The summed E-state index contributed by atoms with van der Waals surface area (Å²) in [7, 11) is -3.08. The van der Waals surface area contributed by atoms with Crippen molar-refractivity contribution in [3.8, 4) is 5.75 Å². The van der Waals surface area contributed by atoms with Gasteiger partial charge in [0, 0.05) is 22.9 Å². The second kappa shape index (κ2) is 7.02. The molecule has 1 N–H and O–H groups in total. The van der Waals surface area contributed by atoms with Crippen LogP contribution in [-0.2, 0) is 26.5 Å². The van der Waals surface area contributed by atoms with Gasteiger partial charge < -0.3 is 10.1 Å². The second-order valence-corrected chi connectivity index (χ2v) is 11.4. The van der Waals surface area contributed by atoms with Crippen molar-refractivity contribution in [1.82, 2.24) is 9.78 Å². The summed E-state index contributed by atoms with van der Waals surface area (Å²) in [4.78, 5) is 12.9. The molecule has 1 amide bonds. The van der Waals surface area contributed by atoms with Gasteiger partial charge in [-0.3, -0.25) is 4.79 Å². The minimum atomic E-state index is -3.08. The second-order valence-electron chi connectivity index (χ2n) is 8.72. The number of hydrogen-bond acceptors (Lipinski definition) is 5. The van der Waals surface area contributed by atoms with Crippen LogP contribution in [0, 0.1) is 0 Å². The SMILES string of the molecule is CC(C)(C)c1cc(NC(=O)C2Cc3cc(Cl)ccc3O2)n(C2CCS(=O)(=O)C2)n1. The van der Waals surface area contributed by atoms with Crippen LogP contribution in [0.3, 0.4) is 0 Å². The minimum absolute atomic E-state index is 0.0327. The summed E-state index contributed by atoms with van der Waals surface area (Å²) >= 11 is 6.03. The van der Waals surface area contributed by atoms with Gasteiger partial charge in [0.15, 0.2) is 15.9 Å². The van der Waals surface area contributed by atoms with Crippen LogP contribution in [0.25, 0.3) is 0 Å². The van der Waals surface area contributed by atoms with E-state index in [1.807, 2.05) is 26.8 Å². The van der Waals surface area contributed by atoms with Crippen molar-refractivity contribution in [3.05, 3.63) is 40.5 Å². The summed E-state index contributed by atoms with van der Waals surface area (Å²) < 4.78 is 31.3. The fourth-order valence-corrected chi connectivity index (χ4v) is 5.56. The molecule has 156 valence electrons. The van der Waals surface area contributed by atoms with Crippen LogP contribution in [0.1, 0.15) is 44.5 Å². The van der Waals surface area contributed by atoms with Gasteiger partial charge in [0.2, 0.25) is 0 Å². The van der Waals surface area contributed by atoms with Gasteiger partial charge in [0.05, 0.1) is 23.2 Å². The quantitative estimate of drug-likeness (QED) is 0.796. The molecule has 0 aliphatic carbocycles. The summed E-state index contributed by atoms with van der Waals surface area (Å²) in [5.74, 6) is 1.03. The maximum atomic E-state index is 12.9. The first-order valence-electron chi connectivity index (χ1n) is 9.58. The Hall–Kier alpha value is -2.06. The number of sulfone groups is 1. The maximum Gasteiger partial charge on any atom is 0.266 e. The lowest BCUT2D eigenvalue weighted by Crippen LogP contribution is -2.32. The van der Waals surface area contributed by atoms with Crippen LogP contribution in [0.2, 0.25) is 5.02 Å². The molecular weight excluding hydrogens is 414 g/mol. The Morgan fingerprint density at radius 2 is 2.07 bits per heavy atom. The zero-order valence-electron chi connectivity index (χ0n) is 16.6. The van der Waals surface area contributed by atoms with E-state index < -0.39 is 15.9 Å². The molecule has 9 heteroatoms. The summed E-state index contributed by atoms with van der Waals surface area (Å²) in [6.45, 7) is 6.07. The number of fused-ring (bicyclic) bond motifs is 1. The lowest BCUT2D eigenvalue weighted by Gasteiger charge is -2.16. The van der Waals surface area contributed by atoms with Crippen LogP contribution < -0.4 is 10.1 Å². The summed E-state index contributed by atoms with van der Waals surface area (Å²) in [6, 6.07) is 6.83. The lowest BCUT2D eigenvalue weighted by atomic mass is 9.92. The van der Waals surface area contributed by atoms with Crippen molar-refractivity contribution in [1.29, 1.82) is 0 Å². The van der Waals surface area contributed by atoms with Gasteiger partial charge in [-0.15, -0.1) is 0 Å². The summed E-state index contributed by atoms with van der Waals surface area (Å²) in [5.41, 5.74) is 1.45. The van der Waals surface area contributed by atoms with Gasteiger partial charge in [0.1, 0.15) is 11.6 Å². The van der Waals surface area contributed by atoms with Crippen LogP contribution in [0.4, 0.5) is 5.82 Å². The van der Waals surface area contributed by atoms with Crippen molar-refractivity contribution in [2.45, 2.75) is 51.2 Å². The monoisotopic (exact) mass is 437 g/mol. The van der Waals surface area contributed by atoms with Crippen LogP contribution in [0.5, 0.6) is 5.75 Å². The number of hydrogen-bond donors (Lipinski definition) is 1. The van der Waals surface area contributed by atoms with Crippen LogP contribution in [0.15, 0.2) is 24.3 Å². The molecule has 1 aromatic heterocycles. The van der Waals surface area contributed by atoms with E-state index >= 15 is 0 Å². The normalized spacial score (nSPS) is 22.9. The lowest BCUT2D eigenvalue weighted by molar-refractivity contribution is -0.122. The fourth-order valence-electron chi connectivity index (χ4n) is 3.67. The molecule has 4 rings (SSSR count). The largest absolute Gasteiger partial charge is 0.480 e. The number of ether oxygens (including phenoxy) is 1. The smallest absolute Gasteiger partial charge is 0.266 e. The first-order valence-corrected chi connectivity index (χ1v) is 11.8. The Morgan fingerprint density at radius 1 is 1.31 bits per heavy atom. The third-order valence-corrected chi connectivity index (χ3v) is 7.28. The third kappa shape index (κ3) is 4.14. The maximum absolute atomic E-state index is 12.9. The van der Waals surface area contributed by atoms with Crippen LogP contribution >= 0.6 is 11.6 Å². The van der Waals surface area contributed by atoms with E-state index in [0.29, 0.717) is 29.4 Å². The highest BCUT2D eigenvalue weighted by atomic mass is 35.5. The molecule has 2 aliphatic heterocycles. The van der Waals surface area contributed by atoms with Crippen molar-refractivity contribution in [3.63, 3.8) is 0 Å². The topological polar surface area (TPSA) is 90.3 Å². The highest BCUT2D eigenvalue weighted by Crippen LogP contribution is 2.33. The number of carbonyl (C=O) groups is 1. The van der Waals surface area contributed by atoms with E-state index in [9.17, 15) is 13.2 Å². The summed E-state index contributed by atoms with van der Waals surface area (Å²) in [6.07, 6.45) is 0.248. The number of anilines is 1. The predicted molar refractivity (Wildman–Crippen MR) is 111 cm³/mol. The molecular formula is C20H24ClN3O4S. The number of nitrogens with zero attached hydrogens (tertiary/aromatic N) is 2. The number of carbonyl (C=O) groups excluding carboxylic acids is 1. The van der Waals surface area contributed by atoms with Gasteiger partial charge in [-0.25, -0.2) is 13.1 Å². The number of nitrogens with one attached hydrogen (secondary N) is 1. The summed E-state index contributed by atoms with van der Waals surface area (Å²) in [5, 5.41) is 8.15. The molecule has 1 fully saturated rings. The standard InChI is InChI=1S/C20H24ClN3O4S/c1-20(2,3)17-10-18(24(23-17)14-6-7-29(26,27)11-14)22-19(25)16-9-12-8-13(21)4-5-15(12)28-16/h4-5,8,10,14,16H,6-7,9,11H2,1-3H3,(H,22,25). The molecule has 2 aliphatic rings. The molecule has 7 nitrogen and oxygen atoms in total. The van der Waals surface area contributed by atoms with E-state index in [4.69, 9.17) is 16.3 Å². The average Bonchev–Trinajstić information content (AvgIpc) is 3.30. The first kappa shape index (κ1) is 20.2. The molecule has 29 heavy (non-hydrogen) atoms. The Bertz CT molecular complexity index is 1070. The molecule has 2 unspecified atom stereocenters. The van der Waals surface area contributed by atoms with Crippen molar-refractivity contribution >= 4 is 33.2 Å². The fraction of sp³-hybridized carbons (Fsp3) is 0.500. The van der Waals surface area contributed by atoms with E-state index in [-0.39, 0.29) is 28.9 Å². The Kier molecular flexibility index (Phi) is 4.90. The van der Waals surface area contributed by atoms with Crippen molar-refractivity contribution in [2.24, 2.45) is 0 Å². The average molecular weight is 438 g/mol. The van der Waals surface area contributed by atoms with Crippen molar-refractivity contribution < 1.29 is 17.9 Å². The van der Waals surface area contributed by atoms with Gasteiger partial charge in [0.25, 0.3) is 5.91 Å². The van der Waals surface area contributed by atoms with Crippen LogP contribution in [-0.4, -0.2) is 41.7 Å². The molecule has 1 saturated heterocycles. The highest BCUT2D eigenvalue weighted by molar-refractivity contribution is 7.91. The number of benzene rings is 1. The molecule has 3 heterocycles. The number of halogens is 1. The molecule has 2 atom stereocenters. The van der Waals surface area contributed by atoms with E-state index in [1.54, 1.807) is 22.9 Å². The molecule has 0 radical (unpaired) electrons. The minimum Gasteiger partial charge on any atom is -0.480 e. The van der Waals surface area contributed by atoms with Crippen molar-refractivity contribution in [2.75, 3.05) is 16.8 Å². The zero-order valence-corrected chi connectivity index (χ0v) is 18.2. The molecule has 2 aromatic rings.